The maximum Gasteiger partial charge on any atom is 0.226 e. The Bertz CT molecular complexity index is 973. The van der Waals surface area contributed by atoms with Crippen molar-refractivity contribution in [3.05, 3.63) is 36.2 Å². The Morgan fingerprint density at radius 3 is 2.82 bits per heavy atom. The second-order valence-electron chi connectivity index (χ2n) is 9.25. The molecule has 184 valence electrons. The first-order valence-corrected chi connectivity index (χ1v) is 13.2. The molecule has 8 heteroatoms. The van der Waals surface area contributed by atoms with Gasteiger partial charge < -0.3 is 19.3 Å². The zero-order valence-electron chi connectivity index (χ0n) is 20.5. The first-order chi connectivity index (χ1) is 16.6. The van der Waals surface area contributed by atoms with Crippen molar-refractivity contribution in [2.75, 3.05) is 59.8 Å². The number of hydrogen-bond acceptors (Lipinski definition) is 7. The van der Waals surface area contributed by atoms with Crippen molar-refractivity contribution in [2.24, 2.45) is 5.92 Å². The number of carbonyl (C=O) groups is 1. The number of aromatic nitrogens is 2. The van der Waals surface area contributed by atoms with Crippen molar-refractivity contribution in [2.45, 2.75) is 36.8 Å². The summed E-state index contributed by atoms with van der Waals surface area (Å²) < 4.78 is 10.7. The molecule has 0 unspecified atom stereocenters. The van der Waals surface area contributed by atoms with E-state index in [0.717, 1.165) is 85.3 Å². The molecule has 2 fully saturated rings. The minimum absolute atomic E-state index is 0.112. The number of thioether (sulfide) groups is 1. The lowest BCUT2D eigenvalue weighted by atomic mass is 9.88. The highest BCUT2D eigenvalue weighted by Crippen LogP contribution is 2.36. The van der Waals surface area contributed by atoms with Gasteiger partial charge in [0.05, 0.1) is 25.3 Å². The van der Waals surface area contributed by atoms with Gasteiger partial charge in [-0.15, -0.1) is 0 Å². The predicted molar refractivity (Wildman–Crippen MR) is 135 cm³/mol. The fourth-order valence-electron chi connectivity index (χ4n) is 5.01. The number of hydrogen-bond donors (Lipinski definition) is 0. The van der Waals surface area contributed by atoms with Crippen molar-refractivity contribution in [3.8, 4) is 16.9 Å². The van der Waals surface area contributed by atoms with Crippen LogP contribution in [-0.2, 0) is 9.53 Å². The predicted octanol–water partition coefficient (Wildman–Crippen LogP) is 3.94. The molecule has 3 heterocycles. The number of carbonyl (C=O) groups excluding carboxylic acids is 1. The number of nitrogens with zero attached hydrogens (tertiary/aromatic N) is 4. The van der Waals surface area contributed by atoms with E-state index in [1.54, 1.807) is 26.0 Å². The van der Waals surface area contributed by atoms with E-state index in [4.69, 9.17) is 14.5 Å². The van der Waals surface area contributed by atoms with E-state index in [1.807, 2.05) is 24.4 Å². The molecule has 0 bridgehead atoms. The van der Waals surface area contributed by atoms with E-state index >= 15 is 0 Å². The molecule has 2 aromatic rings. The third-order valence-corrected chi connectivity index (χ3v) is 7.61. The van der Waals surface area contributed by atoms with Crippen LogP contribution in [0.3, 0.4) is 0 Å². The van der Waals surface area contributed by atoms with Crippen molar-refractivity contribution in [1.82, 2.24) is 19.8 Å². The molecule has 0 N–H and O–H groups in total. The van der Waals surface area contributed by atoms with Gasteiger partial charge in [0.2, 0.25) is 5.91 Å². The molecule has 1 aromatic heterocycles. The first-order valence-electron chi connectivity index (χ1n) is 12.2. The highest BCUT2D eigenvalue weighted by atomic mass is 32.2. The SMILES string of the molecule is COCCSc1ncc(-c2cccc(OC)c2)c([C@H]2CCCN(C(=O)[C@@H]3CCCN(C)C3)C2)n1. The Balaban J connectivity index is 1.60. The Morgan fingerprint density at radius 2 is 2.03 bits per heavy atom. The van der Waals surface area contributed by atoms with Crippen LogP contribution in [0.25, 0.3) is 11.1 Å². The molecule has 4 rings (SSSR count). The van der Waals surface area contributed by atoms with Crippen LogP contribution >= 0.6 is 11.8 Å². The van der Waals surface area contributed by atoms with Crippen LogP contribution in [0.4, 0.5) is 0 Å². The quantitative estimate of drug-likeness (QED) is 0.319. The lowest BCUT2D eigenvalue weighted by molar-refractivity contribution is -0.138. The average Bonchev–Trinajstić information content (AvgIpc) is 2.88. The summed E-state index contributed by atoms with van der Waals surface area (Å²) in [5.41, 5.74) is 3.09. The van der Waals surface area contributed by atoms with Gasteiger partial charge in [0.25, 0.3) is 0 Å². The molecule has 2 saturated heterocycles. The van der Waals surface area contributed by atoms with Crippen molar-refractivity contribution in [3.63, 3.8) is 0 Å². The molecular weight excluding hydrogens is 448 g/mol. The van der Waals surface area contributed by atoms with Gasteiger partial charge in [-0.05, 0) is 57.0 Å². The van der Waals surface area contributed by atoms with Crippen LogP contribution in [0.15, 0.2) is 35.6 Å². The summed E-state index contributed by atoms with van der Waals surface area (Å²) in [4.78, 5) is 27.4. The first kappa shape index (κ1) is 24.9. The molecule has 0 spiro atoms. The molecule has 1 amide bonds. The van der Waals surface area contributed by atoms with E-state index < -0.39 is 0 Å². The van der Waals surface area contributed by atoms with E-state index in [1.165, 1.54) is 0 Å². The summed E-state index contributed by atoms with van der Waals surface area (Å²) in [7, 11) is 5.50. The van der Waals surface area contributed by atoms with Crippen LogP contribution in [0, 0.1) is 5.92 Å². The standard InChI is InChI=1S/C26H36N4O3S/c1-29-11-5-9-21(17-29)25(31)30-12-6-8-20(18-30)24-23(19-7-4-10-22(15-19)33-3)16-27-26(28-24)34-14-13-32-2/h4,7,10,15-16,20-21H,5-6,8-9,11-14,17-18H2,1-3H3/t20-,21+/m0/s1. The second-order valence-corrected chi connectivity index (χ2v) is 10.3. The molecule has 0 saturated carbocycles. The molecule has 0 aliphatic carbocycles. The second kappa shape index (κ2) is 12.0. The van der Waals surface area contributed by atoms with Gasteiger partial charge in [0.15, 0.2) is 5.16 Å². The summed E-state index contributed by atoms with van der Waals surface area (Å²) in [6.07, 6.45) is 6.03. The number of rotatable bonds is 8. The average molecular weight is 485 g/mol. The zero-order valence-corrected chi connectivity index (χ0v) is 21.4. The third-order valence-electron chi connectivity index (χ3n) is 6.79. The van der Waals surface area contributed by atoms with E-state index in [-0.39, 0.29) is 11.8 Å². The highest BCUT2D eigenvalue weighted by molar-refractivity contribution is 7.99. The number of ether oxygens (including phenoxy) is 2. The number of piperidine rings is 2. The van der Waals surface area contributed by atoms with E-state index in [9.17, 15) is 4.79 Å². The summed E-state index contributed by atoms with van der Waals surface area (Å²) in [6, 6.07) is 8.05. The fraction of sp³-hybridized carbons (Fsp3) is 0.577. The molecular formula is C26H36N4O3S. The summed E-state index contributed by atoms with van der Waals surface area (Å²) in [6.45, 7) is 4.16. The van der Waals surface area contributed by atoms with Crippen LogP contribution < -0.4 is 4.74 Å². The Labute approximate surface area is 207 Å². The van der Waals surface area contributed by atoms with Gasteiger partial charge in [-0.25, -0.2) is 9.97 Å². The van der Waals surface area contributed by atoms with Gasteiger partial charge in [-0.1, -0.05) is 23.9 Å². The number of methoxy groups -OCH3 is 2. The van der Waals surface area contributed by atoms with Gasteiger partial charge >= 0.3 is 0 Å². The smallest absolute Gasteiger partial charge is 0.226 e. The molecule has 2 atom stereocenters. The van der Waals surface area contributed by atoms with Crippen LogP contribution in [0.1, 0.15) is 37.3 Å². The Kier molecular flexibility index (Phi) is 8.80. The van der Waals surface area contributed by atoms with Crippen molar-refractivity contribution in [1.29, 1.82) is 0 Å². The van der Waals surface area contributed by atoms with Gasteiger partial charge in [0, 0.05) is 50.2 Å². The van der Waals surface area contributed by atoms with Crippen molar-refractivity contribution >= 4 is 17.7 Å². The number of likely N-dealkylation sites (tertiary alicyclic amines) is 2. The van der Waals surface area contributed by atoms with Crippen LogP contribution in [-0.4, -0.2) is 85.5 Å². The van der Waals surface area contributed by atoms with E-state index in [2.05, 4.69) is 27.9 Å². The Morgan fingerprint density at radius 1 is 1.18 bits per heavy atom. The van der Waals surface area contributed by atoms with E-state index in [0.29, 0.717) is 12.5 Å². The largest absolute Gasteiger partial charge is 0.497 e. The molecule has 7 nitrogen and oxygen atoms in total. The molecule has 2 aliphatic rings. The zero-order chi connectivity index (χ0) is 23.9. The van der Waals surface area contributed by atoms with Gasteiger partial charge in [-0.2, -0.15) is 0 Å². The highest BCUT2D eigenvalue weighted by Gasteiger charge is 2.33. The molecule has 1 aromatic carbocycles. The maximum atomic E-state index is 13.4. The number of benzene rings is 1. The lowest BCUT2D eigenvalue weighted by Crippen LogP contribution is -2.47. The van der Waals surface area contributed by atoms with Crippen LogP contribution in [0.5, 0.6) is 5.75 Å². The summed E-state index contributed by atoms with van der Waals surface area (Å²) in [5, 5.41) is 0.760. The monoisotopic (exact) mass is 484 g/mol. The number of amides is 1. The third kappa shape index (κ3) is 6.09. The normalized spacial score (nSPS) is 21.4. The minimum Gasteiger partial charge on any atom is -0.497 e. The lowest BCUT2D eigenvalue weighted by Gasteiger charge is -2.37. The Hall–Kier alpha value is -2.16. The minimum atomic E-state index is 0.112. The topological polar surface area (TPSA) is 67.8 Å². The fourth-order valence-corrected chi connectivity index (χ4v) is 5.74. The summed E-state index contributed by atoms with van der Waals surface area (Å²) >= 11 is 1.61. The molecule has 0 radical (unpaired) electrons. The molecule has 2 aliphatic heterocycles. The summed E-state index contributed by atoms with van der Waals surface area (Å²) in [5.74, 6) is 2.22. The van der Waals surface area contributed by atoms with Gasteiger partial charge in [-0.3, -0.25) is 4.79 Å². The molecule has 34 heavy (non-hydrogen) atoms. The van der Waals surface area contributed by atoms with Gasteiger partial charge in [0.1, 0.15) is 5.75 Å². The van der Waals surface area contributed by atoms with Crippen molar-refractivity contribution < 1.29 is 14.3 Å². The maximum absolute atomic E-state index is 13.4. The van der Waals surface area contributed by atoms with Crippen LogP contribution in [0.2, 0.25) is 0 Å².